The quantitative estimate of drug-likeness (QED) is 0.886. The molecule has 0 atom stereocenters. The van der Waals surface area contributed by atoms with Crippen LogP contribution in [0.25, 0.3) is 0 Å². The Balaban J connectivity index is 2.16. The molecule has 1 aromatic rings. The first-order valence-corrected chi connectivity index (χ1v) is 7.14. The molecule has 2 rings (SSSR count). The largest absolute Gasteiger partial charge is 0.355 e. The third kappa shape index (κ3) is 3.38. The second kappa shape index (κ2) is 6.07. The number of anilines is 1. The van der Waals surface area contributed by atoms with E-state index in [1.807, 2.05) is 12.1 Å². The van der Waals surface area contributed by atoms with E-state index in [1.54, 1.807) is 6.92 Å². The van der Waals surface area contributed by atoms with Crippen LogP contribution in [0, 0.1) is 0 Å². The zero-order chi connectivity index (χ0) is 14.6. The normalized spacial score (nSPS) is 16.7. The third-order valence-electron chi connectivity index (χ3n) is 4.05. The summed E-state index contributed by atoms with van der Waals surface area (Å²) in [5.41, 5.74) is 2.12. The van der Waals surface area contributed by atoms with Crippen LogP contribution in [0.1, 0.15) is 45.1 Å². The van der Waals surface area contributed by atoms with E-state index in [4.69, 9.17) is 0 Å². The van der Waals surface area contributed by atoms with Gasteiger partial charge in [-0.3, -0.25) is 9.59 Å². The molecule has 1 fully saturated rings. The molecule has 108 valence electrons. The van der Waals surface area contributed by atoms with Gasteiger partial charge in [0.15, 0.2) is 0 Å². The molecule has 0 aliphatic heterocycles. The summed E-state index contributed by atoms with van der Waals surface area (Å²) in [6, 6.07) is 8.01. The van der Waals surface area contributed by atoms with Gasteiger partial charge in [-0.05, 0) is 30.5 Å². The summed E-state index contributed by atoms with van der Waals surface area (Å²) >= 11 is 0. The average molecular weight is 274 g/mol. The van der Waals surface area contributed by atoms with Gasteiger partial charge in [0, 0.05) is 31.5 Å². The van der Waals surface area contributed by atoms with Crippen molar-refractivity contribution >= 4 is 17.5 Å². The number of nitrogens with one attached hydrogen (secondary N) is 2. The molecule has 0 unspecified atom stereocenters. The maximum absolute atomic E-state index is 11.2. The summed E-state index contributed by atoms with van der Waals surface area (Å²) in [4.78, 5) is 22.2. The van der Waals surface area contributed by atoms with Gasteiger partial charge in [0.1, 0.15) is 0 Å². The summed E-state index contributed by atoms with van der Waals surface area (Å²) in [7, 11) is 0. The number of amides is 2. The van der Waals surface area contributed by atoms with Crippen molar-refractivity contribution in [2.75, 3.05) is 11.9 Å². The number of benzene rings is 1. The highest BCUT2D eigenvalue weighted by molar-refractivity contribution is 5.88. The molecular formula is C16H22N2O2. The Morgan fingerprint density at radius 3 is 2.15 bits per heavy atom. The molecule has 1 saturated carbocycles. The Labute approximate surface area is 119 Å². The summed E-state index contributed by atoms with van der Waals surface area (Å²) < 4.78 is 0. The van der Waals surface area contributed by atoms with Crippen molar-refractivity contribution in [3.63, 3.8) is 0 Å². The number of hydrogen-bond donors (Lipinski definition) is 2. The van der Waals surface area contributed by atoms with Gasteiger partial charge in [0.25, 0.3) is 0 Å². The van der Waals surface area contributed by atoms with Crippen LogP contribution in [-0.2, 0) is 15.0 Å². The van der Waals surface area contributed by atoms with Crippen LogP contribution in [-0.4, -0.2) is 18.4 Å². The lowest BCUT2D eigenvalue weighted by atomic mass is 9.78. The molecule has 0 heterocycles. The van der Waals surface area contributed by atoms with E-state index >= 15 is 0 Å². The molecule has 20 heavy (non-hydrogen) atoms. The number of hydrogen-bond acceptors (Lipinski definition) is 2. The molecule has 4 heteroatoms. The second-order valence-electron chi connectivity index (χ2n) is 5.66. The fraction of sp³-hybridized carbons (Fsp3) is 0.500. The Morgan fingerprint density at radius 2 is 1.65 bits per heavy atom. The van der Waals surface area contributed by atoms with E-state index in [9.17, 15) is 9.59 Å². The van der Waals surface area contributed by atoms with Crippen molar-refractivity contribution in [3.05, 3.63) is 29.8 Å². The fourth-order valence-corrected chi connectivity index (χ4v) is 3.02. The Hall–Kier alpha value is -1.84. The molecule has 1 aliphatic carbocycles. The predicted octanol–water partition coefficient (Wildman–Crippen LogP) is 2.59. The predicted molar refractivity (Wildman–Crippen MR) is 79.6 cm³/mol. The van der Waals surface area contributed by atoms with Crippen molar-refractivity contribution in [1.29, 1.82) is 0 Å². The van der Waals surface area contributed by atoms with E-state index in [0.29, 0.717) is 6.54 Å². The number of rotatable bonds is 4. The van der Waals surface area contributed by atoms with Gasteiger partial charge in [0.2, 0.25) is 11.8 Å². The topological polar surface area (TPSA) is 58.2 Å². The summed E-state index contributed by atoms with van der Waals surface area (Å²) in [5, 5.41) is 5.74. The zero-order valence-electron chi connectivity index (χ0n) is 12.2. The van der Waals surface area contributed by atoms with Crippen LogP contribution < -0.4 is 10.6 Å². The first-order valence-electron chi connectivity index (χ1n) is 7.14. The van der Waals surface area contributed by atoms with Gasteiger partial charge in [-0.25, -0.2) is 0 Å². The number of carbonyl (C=O) groups excluding carboxylic acids is 2. The molecule has 0 bridgehead atoms. The monoisotopic (exact) mass is 274 g/mol. The van der Waals surface area contributed by atoms with Gasteiger partial charge in [-0.2, -0.15) is 0 Å². The first-order chi connectivity index (χ1) is 9.52. The van der Waals surface area contributed by atoms with Crippen molar-refractivity contribution in [1.82, 2.24) is 5.32 Å². The Kier molecular flexibility index (Phi) is 4.42. The lowest BCUT2D eigenvalue weighted by Crippen LogP contribution is -2.38. The van der Waals surface area contributed by atoms with Crippen LogP contribution in [0.3, 0.4) is 0 Å². The zero-order valence-corrected chi connectivity index (χ0v) is 12.2. The molecule has 1 aliphatic rings. The maximum atomic E-state index is 11.2. The lowest BCUT2D eigenvalue weighted by molar-refractivity contribution is -0.119. The summed E-state index contributed by atoms with van der Waals surface area (Å²) in [5.74, 6) is -0.0438. The first kappa shape index (κ1) is 14.6. The van der Waals surface area contributed by atoms with Crippen LogP contribution in [0.15, 0.2) is 24.3 Å². The molecule has 2 N–H and O–H groups in total. The van der Waals surface area contributed by atoms with E-state index in [-0.39, 0.29) is 17.2 Å². The molecule has 0 aromatic heterocycles. The highest BCUT2D eigenvalue weighted by Gasteiger charge is 2.35. The Morgan fingerprint density at radius 1 is 1.05 bits per heavy atom. The summed E-state index contributed by atoms with van der Waals surface area (Å²) in [6.07, 6.45) is 4.61. The Bertz CT molecular complexity index is 488. The molecule has 0 radical (unpaired) electrons. The van der Waals surface area contributed by atoms with Crippen LogP contribution >= 0.6 is 0 Å². The van der Waals surface area contributed by atoms with Crippen molar-refractivity contribution < 1.29 is 9.59 Å². The molecule has 4 nitrogen and oxygen atoms in total. The van der Waals surface area contributed by atoms with Crippen LogP contribution in [0.5, 0.6) is 0 Å². The van der Waals surface area contributed by atoms with Crippen LogP contribution in [0.2, 0.25) is 0 Å². The molecule has 0 spiro atoms. The fourth-order valence-electron chi connectivity index (χ4n) is 3.02. The average Bonchev–Trinajstić information content (AvgIpc) is 2.86. The van der Waals surface area contributed by atoms with Crippen molar-refractivity contribution in [2.45, 2.75) is 44.9 Å². The van der Waals surface area contributed by atoms with E-state index < -0.39 is 0 Å². The minimum atomic E-state index is -0.0634. The minimum Gasteiger partial charge on any atom is -0.355 e. The van der Waals surface area contributed by atoms with E-state index in [1.165, 1.54) is 25.3 Å². The second-order valence-corrected chi connectivity index (χ2v) is 5.66. The van der Waals surface area contributed by atoms with Gasteiger partial charge < -0.3 is 10.6 Å². The van der Waals surface area contributed by atoms with E-state index in [2.05, 4.69) is 22.8 Å². The van der Waals surface area contributed by atoms with Gasteiger partial charge in [-0.15, -0.1) is 0 Å². The van der Waals surface area contributed by atoms with Crippen molar-refractivity contribution in [2.24, 2.45) is 0 Å². The van der Waals surface area contributed by atoms with Gasteiger partial charge in [-0.1, -0.05) is 25.0 Å². The van der Waals surface area contributed by atoms with Gasteiger partial charge in [0.05, 0.1) is 0 Å². The molecule has 2 amide bonds. The third-order valence-corrected chi connectivity index (χ3v) is 4.05. The standard InChI is InChI=1S/C16H22N2O2/c1-12(19)17-11-16(9-3-4-10-16)14-5-7-15(8-6-14)18-13(2)20/h5-8H,3-4,9-11H2,1-2H3,(H,17,19)(H,18,20). The maximum Gasteiger partial charge on any atom is 0.221 e. The molecule has 0 saturated heterocycles. The smallest absolute Gasteiger partial charge is 0.221 e. The summed E-state index contributed by atoms with van der Waals surface area (Å²) in [6.45, 7) is 3.76. The van der Waals surface area contributed by atoms with Crippen LogP contribution in [0.4, 0.5) is 5.69 Å². The SMILES string of the molecule is CC(=O)NCC1(c2ccc(NC(C)=O)cc2)CCCC1. The highest BCUT2D eigenvalue weighted by Crippen LogP contribution is 2.40. The molecule has 1 aromatic carbocycles. The highest BCUT2D eigenvalue weighted by atomic mass is 16.2. The molecular weight excluding hydrogens is 252 g/mol. The minimum absolute atomic E-state index is 0.0196. The lowest BCUT2D eigenvalue weighted by Gasteiger charge is -2.30. The van der Waals surface area contributed by atoms with E-state index in [0.717, 1.165) is 18.5 Å². The van der Waals surface area contributed by atoms with Crippen molar-refractivity contribution in [3.8, 4) is 0 Å². The number of carbonyl (C=O) groups is 2. The van der Waals surface area contributed by atoms with Gasteiger partial charge >= 0.3 is 0 Å².